The summed E-state index contributed by atoms with van der Waals surface area (Å²) in [6.07, 6.45) is 9.41. The standard InChI is InChI=1S/C23H20N4O2/c1-23(2,19-7-3-17(4-8-19)21(28)26-13-11-24-15-26)20-9-5-18(6-10-20)22(29)27-14-12-25-16-27/h3-16H,1-2H3. The topological polar surface area (TPSA) is 69.8 Å². The second-order valence-corrected chi connectivity index (χ2v) is 7.33. The molecule has 0 N–H and O–H groups in total. The Labute approximate surface area is 168 Å². The molecule has 2 heterocycles. The minimum Gasteiger partial charge on any atom is -0.272 e. The smallest absolute Gasteiger partial charge is 0.263 e. The molecule has 0 amide bonds. The lowest BCUT2D eigenvalue weighted by molar-refractivity contribution is 0.0951. The normalized spacial score (nSPS) is 11.4. The molecular weight excluding hydrogens is 364 g/mol. The van der Waals surface area contributed by atoms with Crippen molar-refractivity contribution in [3.05, 3.63) is 108 Å². The highest BCUT2D eigenvalue weighted by molar-refractivity contribution is 5.96. The van der Waals surface area contributed by atoms with E-state index in [-0.39, 0.29) is 17.2 Å². The van der Waals surface area contributed by atoms with Crippen molar-refractivity contribution in [2.75, 3.05) is 0 Å². The summed E-state index contributed by atoms with van der Waals surface area (Å²) in [5.74, 6) is -0.233. The second-order valence-electron chi connectivity index (χ2n) is 7.33. The molecule has 4 aromatic rings. The summed E-state index contributed by atoms with van der Waals surface area (Å²) in [6.45, 7) is 4.23. The fraction of sp³-hybridized carbons (Fsp3) is 0.130. The Balaban J connectivity index is 1.56. The van der Waals surface area contributed by atoms with Crippen LogP contribution in [0.4, 0.5) is 0 Å². The molecule has 6 heteroatoms. The summed E-state index contributed by atoms with van der Waals surface area (Å²) in [5, 5.41) is 0. The lowest BCUT2D eigenvalue weighted by Crippen LogP contribution is -2.20. The van der Waals surface area contributed by atoms with Gasteiger partial charge in [-0.15, -0.1) is 0 Å². The summed E-state index contributed by atoms with van der Waals surface area (Å²) < 4.78 is 2.91. The van der Waals surface area contributed by atoms with Crippen LogP contribution in [0.1, 0.15) is 45.7 Å². The first kappa shape index (κ1) is 18.6. The fourth-order valence-corrected chi connectivity index (χ4v) is 3.28. The Kier molecular flexibility index (Phi) is 4.68. The Bertz CT molecular complexity index is 1030. The van der Waals surface area contributed by atoms with Gasteiger partial charge in [-0.3, -0.25) is 18.7 Å². The average Bonchev–Trinajstić information content (AvgIpc) is 3.47. The summed E-state index contributed by atoms with van der Waals surface area (Å²) in [7, 11) is 0. The highest BCUT2D eigenvalue weighted by Crippen LogP contribution is 2.32. The van der Waals surface area contributed by atoms with Crippen LogP contribution >= 0.6 is 0 Å². The first-order valence-corrected chi connectivity index (χ1v) is 9.23. The molecule has 0 bridgehead atoms. The zero-order valence-electron chi connectivity index (χ0n) is 16.2. The van der Waals surface area contributed by atoms with Crippen LogP contribution in [0.5, 0.6) is 0 Å². The maximum atomic E-state index is 12.4. The van der Waals surface area contributed by atoms with Gasteiger partial charge in [-0.05, 0) is 35.4 Å². The minimum absolute atomic E-state index is 0.116. The molecule has 0 fully saturated rings. The van der Waals surface area contributed by atoms with E-state index in [4.69, 9.17) is 0 Å². The first-order valence-electron chi connectivity index (χ1n) is 9.23. The van der Waals surface area contributed by atoms with Gasteiger partial charge in [0, 0.05) is 41.3 Å². The summed E-state index contributed by atoms with van der Waals surface area (Å²) in [6, 6.07) is 15.2. The minimum atomic E-state index is -0.285. The summed E-state index contributed by atoms with van der Waals surface area (Å²) in [4.78, 5) is 32.7. The van der Waals surface area contributed by atoms with Gasteiger partial charge in [-0.25, -0.2) is 9.97 Å². The number of imidazole rings is 2. The van der Waals surface area contributed by atoms with Gasteiger partial charge < -0.3 is 0 Å². The third kappa shape index (κ3) is 3.52. The molecule has 4 rings (SSSR count). The monoisotopic (exact) mass is 384 g/mol. The van der Waals surface area contributed by atoms with Gasteiger partial charge in [0.05, 0.1) is 0 Å². The average molecular weight is 384 g/mol. The van der Waals surface area contributed by atoms with E-state index in [9.17, 15) is 9.59 Å². The van der Waals surface area contributed by atoms with Crippen LogP contribution in [0.2, 0.25) is 0 Å². The number of rotatable bonds is 4. The van der Waals surface area contributed by atoms with Gasteiger partial charge in [0.2, 0.25) is 0 Å². The van der Waals surface area contributed by atoms with Crippen molar-refractivity contribution in [1.82, 2.24) is 19.1 Å². The van der Waals surface area contributed by atoms with Crippen molar-refractivity contribution in [3.63, 3.8) is 0 Å². The predicted molar refractivity (Wildman–Crippen MR) is 109 cm³/mol. The van der Waals surface area contributed by atoms with E-state index in [2.05, 4.69) is 23.8 Å². The number of hydrogen-bond acceptors (Lipinski definition) is 4. The third-order valence-electron chi connectivity index (χ3n) is 5.18. The lowest BCUT2D eigenvalue weighted by Gasteiger charge is -2.26. The first-order chi connectivity index (χ1) is 14.0. The Morgan fingerprint density at radius 2 is 1.07 bits per heavy atom. The van der Waals surface area contributed by atoms with Crippen LogP contribution < -0.4 is 0 Å². The number of hydrogen-bond donors (Lipinski definition) is 0. The molecule has 6 nitrogen and oxygen atoms in total. The quantitative estimate of drug-likeness (QED) is 0.537. The highest BCUT2D eigenvalue weighted by atomic mass is 16.2. The van der Waals surface area contributed by atoms with E-state index in [1.54, 1.807) is 24.8 Å². The van der Waals surface area contributed by atoms with Gasteiger partial charge in [-0.1, -0.05) is 38.1 Å². The summed E-state index contributed by atoms with van der Waals surface area (Å²) >= 11 is 0. The maximum absolute atomic E-state index is 12.4. The molecule has 0 saturated heterocycles. The molecular formula is C23H20N4O2. The number of carbonyl (C=O) groups is 2. The molecule has 0 radical (unpaired) electrons. The number of carbonyl (C=O) groups excluding carboxylic acids is 2. The highest BCUT2D eigenvalue weighted by Gasteiger charge is 2.24. The van der Waals surface area contributed by atoms with E-state index in [1.165, 1.54) is 21.8 Å². The van der Waals surface area contributed by atoms with Crippen molar-refractivity contribution in [2.45, 2.75) is 19.3 Å². The summed E-state index contributed by atoms with van der Waals surface area (Å²) in [5.41, 5.74) is 3.07. The van der Waals surface area contributed by atoms with Crippen molar-refractivity contribution in [3.8, 4) is 0 Å². The van der Waals surface area contributed by atoms with E-state index in [0.717, 1.165) is 11.1 Å². The molecule has 0 unspecified atom stereocenters. The second kappa shape index (κ2) is 7.31. The maximum Gasteiger partial charge on any atom is 0.263 e. The third-order valence-corrected chi connectivity index (χ3v) is 5.18. The van der Waals surface area contributed by atoms with Crippen molar-refractivity contribution >= 4 is 11.8 Å². The van der Waals surface area contributed by atoms with Crippen LogP contribution in [-0.2, 0) is 5.41 Å². The van der Waals surface area contributed by atoms with Crippen molar-refractivity contribution < 1.29 is 9.59 Å². The molecule has 0 spiro atoms. The van der Waals surface area contributed by atoms with Gasteiger partial charge in [-0.2, -0.15) is 0 Å². The van der Waals surface area contributed by atoms with Crippen LogP contribution in [0.3, 0.4) is 0 Å². The van der Waals surface area contributed by atoms with E-state index >= 15 is 0 Å². The molecule has 2 aromatic carbocycles. The molecule has 144 valence electrons. The molecule has 0 aliphatic carbocycles. The van der Waals surface area contributed by atoms with Gasteiger partial charge in [0.1, 0.15) is 12.7 Å². The van der Waals surface area contributed by atoms with Gasteiger partial charge in [0.25, 0.3) is 11.8 Å². The van der Waals surface area contributed by atoms with Crippen molar-refractivity contribution in [2.24, 2.45) is 0 Å². The Morgan fingerprint density at radius 1 is 0.690 bits per heavy atom. The zero-order valence-corrected chi connectivity index (χ0v) is 16.2. The zero-order chi connectivity index (χ0) is 20.4. The molecule has 0 aliphatic rings. The lowest BCUT2D eigenvalue weighted by atomic mass is 9.77. The molecule has 2 aromatic heterocycles. The molecule has 0 aliphatic heterocycles. The van der Waals surface area contributed by atoms with E-state index < -0.39 is 0 Å². The van der Waals surface area contributed by atoms with Crippen LogP contribution in [0.25, 0.3) is 0 Å². The van der Waals surface area contributed by atoms with Gasteiger partial charge >= 0.3 is 0 Å². The molecule has 29 heavy (non-hydrogen) atoms. The molecule has 0 saturated carbocycles. The Morgan fingerprint density at radius 3 is 1.38 bits per heavy atom. The number of benzene rings is 2. The fourth-order valence-electron chi connectivity index (χ4n) is 3.28. The van der Waals surface area contributed by atoms with E-state index in [1.807, 2.05) is 48.5 Å². The number of aromatic nitrogens is 4. The predicted octanol–water partition coefficient (Wildman–Crippen LogP) is 3.78. The Hall–Kier alpha value is -3.80. The largest absolute Gasteiger partial charge is 0.272 e. The van der Waals surface area contributed by atoms with Crippen LogP contribution in [0.15, 0.2) is 86.0 Å². The van der Waals surface area contributed by atoms with E-state index in [0.29, 0.717) is 11.1 Å². The SMILES string of the molecule is CC(C)(c1ccc(C(=O)n2ccnc2)cc1)c1ccc(C(=O)n2ccnc2)cc1. The number of nitrogens with zero attached hydrogens (tertiary/aromatic N) is 4. The van der Waals surface area contributed by atoms with Crippen LogP contribution in [-0.4, -0.2) is 30.9 Å². The molecule has 0 atom stereocenters. The van der Waals surface area contributed by atoms with Gasteiger partial charge in [0.15, 0.2) is 0 Å². The van der Waals surface area contributed by atoms with Crippen LogP contribution in [0, 0.1) is 0 Å². The van der Waals surface area contributed by atoms with Crippen molar-refractivity contribution in [1.29, 1.82) is 0 Å².